The van der Waals surface area contributed by atoms with Crippen LogP contribution in [0.15, 0.2) is 48.7 Å². The Kier molecular flexibility index (Phi) is 2.95. The van der Waals surface area contributed by atoms with Crippen LogP contribution in [-0.2, 0) is 0 Å². The minimum atomic E-state index is -0.808. The molecule has 5 heteroatoms. The van der Waals surface area contributed by atoms with Gasteiger partial charge < -0.3 is 10.3 Å². The fraction of sp³-hybridized carbons (Fsp3) is 0. The molecule has 0 saturated carbocycles. The minimum absolute atomic E-state index is 0.329. The molecule has 100 valence electrons. The van der Waals surface area contributed by atoms with Gasteiger partial charge in [0.1, 0.15) is 17.3 Å². The highest BCUT2D eigenvalue weighted by molar-refractivity contribution is 6.12. The molecule has 0 aliphatic carbocycles. The van der Waals surface area contributed by atoms with E-state index >= 15 is 0 Å². The van der Waals surface area contributed by atoms with Crippen LogP contribution in [0.2, 0.25) is 0 Å². The summed E-state index contributed by atoms with van der Waals surface area (Å²) < 4.78 is 27.0. The van der Waals surface area contributed by atoms with Gasteiger partial charge in [0.15, 0.2) is 0 Å². The van der Waals surface area contributed by atoms with E-state index in [1.54, 1.807) is 18.3 Å². The van der Waals surface area contributed by atoms with E-state index in [1.807, 2.05) is 12.1 Å². The van der Waals surface area contributed by atoms with Crippen LogP contribution in [0.5, 0.6) is 0 Å². The van der Waals surface area contributed by atoms with E-state index in [1.165, 1.54) is 6.07 Å². The van der Waals surface area contributed by atoms with E-state index in [0.717, 1.165) is 17.5 Å². The smallest absolute Gasteiger partial charge is 0.257 e. The molecule has 3 nitrogen and oxygen atoms in total. The first-order valence-corrected chi connectivity index (χ1v) is 5.98. The Balaban J connectivity index is 2.00. The molecule has 0 spiro atoms. The molecule has 3 aromatic rings. The van der Waals surface area contributed by atoms with Gasteiger partial charge >= 0.3 is 0 Å². The lowest BCUT2D eigenvalue weighted by Crippen LogP contribution is -2.14. The number of hydrogen-bond acceptors (Lipinski definition) is 1. The maximum absolute atomic E-state index is 13.5. The first-order valence-electron chi connectivity index (χ1n) is 5.98. The molecule has 1 amide bonds. The van der Waals surface area contributed by atoms with Crippen molar-refractivity contribution >= 4 is 22.5 Å². The summed E-state index contributed by atoms with van der Waals surface area (Å²) in [7, 11) is 0. The average Bonchev–Trinajstić information content (AvgIpc) is 2.91. The van der Waals surface area contributed by atoms with Gasteiger partial charge in [-0.3, -0.25) is 4.79 Å². The van der Waals surface area contributed by atoms with Gasteiger partial charge in [-0.1, -0.05) is 18.2 Å². The topological polar surface area (TPSA) is 44.9 Å². The molecule has 3 rings (SSSR count). The summed E-state index contributed by atoms with van der Waals surface area (Å²) in [5.74, 6) is -2.18. The fourth-order valence-corrected chi connectivity index (χ4v) is 2.07. The zero-order valence-corrected chi connectivity index (χ0v) is 10.3. The third-order valence-electron chi connectivity index (χ3n) is 3.03. The van der Waals surface area contributed by atoms with Crippen molar-refractivity contribution in [1.82, 2.24) is 4.98 Å². The summed E-state index contributed by atoms with van der Waals surface area (Å²) in [6.07, 6.45) is 1.70. The van der Waals surface area contributed by atoms with Crippen molar-refractivity contribution in [2.24, 2.45) is 0 Å². The molecular formula is C15H10F2N2O. The summed E-state index contributed by atoms with van der Waals surface area (Å²) in [6.45, 7) is 0. The largest absolute Gasteiger partial charge is 0.361 e. The average molecular weight is 272 g/mol. The number of hydrogen-bond donors (Lipinski definition) is 2. The van der Waals surface area contributed by atoms with E-state index in [0.29, 0.717) is 11.1 Å². The number of halogens is 2. The van der Waals surface area contributed by atoms with Crippen molar-refractivity contribution in [3.8, 4) is 0 Å². The Labute approximate surface area is 113 Å². The lowest BCUT2D eigenvalue weighted by Gasteiger charge is -2.08. The SMILES string of the molecule is O=C(Nc1c(F)cccc1F)c1cccc2cc[nH]c12. The lowest BCUT2D eigenvalue weighted by atomic mass is 10.1. The molecule has 0 saturated heterocycles. The standard InChI is InChI=1S/C15H10F2N2O/c16-11-5-2-6-12(17)14(11)19-15(20)10-4-1-3-9-7-8-18-13(9)10/h1-8,18H,(H,19,20). The van der Waals surface area contributed by atoms with Gasteiger partial charge in [0.25, 0.3) is 5.91 Å². The van der Waals surface area contributed by atoms with Crippen LogP contribution in [0.1, 0.15) is 10.4 Å². The Bertz CT molecular complexity index is 775. The molecule has 0 fully saturated rings. The highest BCUT2D eigenvalue weighted by Crippen LogP contribution is 2.21. The molecule has 1 aromatic heterocycles. The third kappa shape index (κ3) is 2.03. The van der Waals surface area contributed by atoms with Crippen molar-refractivity contribution in [3.05, 3.63) is 65.9 Å². The number of para-hydroxylation sites is 2. The molecular weight excluding hydrogens is 262 g/mol. The number of aromatic nitrogens is 1. The minimum Gasteiger partial charge on any atom is -0.361 e. The van der Waals surface area contributed by atoms with Crippen molar-refractivity contribution in [1.29, 1.82) is 0 Å². The zero-order chi connectivity index (χ0) is 14.1. The second-order valence-corrected chi connectivity index (χ2v) is 4.30. The first-order chi connectivity index (χ1) is 9.66. The quantitative estimate of drug-likeness (QED) is 0.734. The Morgan fingerprint density at radius 2 is 1.70 bits per heavy atom. The second kappa shape index (κ2) is 4.77. The van der Waals surface area contributed by atoms with E-state index in [-0.39, 0.29) is 0 Å². The van der Waals surface area contributed by atoms with E-state index in [4.69, 9.17) is 0 Å². The van der Waals surface area contributed by atoms with Crippen molar-refractivity contribution in [2.75, 3.05) is 5.32 Å². The molecule has 20 heavy (non-hydrogen) atoms. The summed E-state index contributed by atoms with van der Waals surface area (Å²) >= 11 is 0. The molecule has 2 N–H and O–H groups in total. The Morgan fingerprint density at radius 1 is 1.00 bits per heavy atom. The van der Waals surface area contributed by atoms with Gasteiger partial charge in [0.05, 0.1) is 11.1 Å². The normalized spacial score (nSPS) is 10.7. The molecule has 1 heterocycles. The van der Waals surface area contributed by atoms with Crippen LogP contribution in [0.3, 0.4) is 0 Å². The fourth-order valence-electron chi connectivity index (χ4n) is 2.07. The van der Waals surface area contributed by atoms with Crippen molar-refractivity contribution in [2.45, 2.75) is 0 Å². The van der Waals surface area contributed by atoms with Crippen molar-refractivity contribution in [3.63, 3.8) is 0 Å². The number of H-pyrrole nitrogens is 1. The highest BCUT2D eigenvalue weighted by Gasteiger charge is 2.15. The van der Waals surface area contributed by atoms with E-state index < -0.39 is 23.2 Å². The predicted molar refractivity (Wildman–Crippen MR) is 72.6 cm³/mol. The molecule has 0 atom stereocenters. The number of fused-ring (bicyclic) bond motifs is 1. The van der Waals surface area contributed by atoms with Gasteiger partial charge in [-0.05, 0) is 24.3 Å². The molecule has 0 bridgehead atoms. The van der Waals surface area contributed by atoms with E-state index in [9.17, 15) is 13.6 Å². The van der Waals surface area contributed by atoms with Crippen LogP contribution in [-0.4, -0.2) is 10.9 Å². The molecule has 0 aliphatic heterocycles. The molecule has 2 aromatic carbocycles. The number of nitrogens with one attached hydrogen (secondary N) is 2. The van der Waals surface area contributed by atoms with E-state index in [2.05, 4.69) is 10.3 Å². The zero-order valence-electron chi connectivity index (χ0n) is 10.3. The lowest BCUT2D eigenvalue weighted by molar-refractivity contribution is 0.102. The first kappa shape index (κ1) is 12.3. The predicted octanol–water partition coefficient (Wildman–Crippen LogP) is 3.70. The summed E-state index contributed by atoms with van der Waals surface area (Å²) in [5.41, 5.74) is 0.512. The van der Waals surface area contributed by atoms with Crippen LogP contribution in [0.4, 0.5) is 14.5 Å². The summed E-state index contributed by atoms with van der Waals surface area (Å²) in [6, 6.07) is 10.4. The number of carbonyl (C=O) groups excluding carboxylic acids is 1. The number of anilines is 1. The van der Waals surface area contributed by atoms with Gasteiger partial charge in [-0.2, -0.15) is 0 Å². The monoisotopic (exact) mass is 272 g/mol. The molecule has 0 aliphatic rings. The number of aromatic amines is 1. The second-order valence-electron chi connectivity index (χ2n) is 4.30. The number of rotatable bonds is 2. The van der Waals surface area contributed by atoms with Crippen LogP contribution >= 0.6 is 0 Å². The Hall–Kier alpha value is -2.69. The van der Waals surface area contributed by atoms with Gasteiger partial charge in [-0.15, -0.1) is 0 Å². The molecule has 0 radical (unpaired) electrons. The number of carbonyl (C=O) groups is 1. The maximum atomic E-state index is 13.5. The highest BCUT2D eigenvalue weighted by atomic mass is 19.1. The van der Waals surface area contributed by atoms with Crippen LogP contribution in [0.25, 0.3) is 10.9 Å². The Morgan fingerprint density at radius 3 is 2.45 bits per heavy atom. The summed E-state index contributed by atoms with van der Waals surface area (Å²) in [4.78, 5) is 15.1. The maximum Gasteiger partial charge on any atom is 0.257 e. The molecule has 0 unspecified atom stereocenters. The number of amides is 1. The van der Waals surface area contributed by atoms with Gasteiger partial charge in [-0.25, -0.2) is 8.78 Å². The van der Waals surface area contributed by atoms with Crippen molar-refractivity contribution < 1.29 is 13.6 Å². The van der Waals surface area contributed by atoms with Gasteiger partial charge in [0.2, 0.25) is 0 Å². The summed E-state index contributed by atoms with van der Waals surface area (Å²) in [5, 5.41) is 3.12. The van der Waals surface area contributed by atoms with Crippen LogP contribution in [0, 0.1) is 11.6 Å². The van der Waals surface area contributed by atoms with Crippen LogP contribution < -0.4 is 5.32 Å². The number of benzene rings is 2. The van der Waals surface area contributed by atoms with Gasteiger partial charge in [0, 0.05) is 11.6 Å². The third-order valence-corrected chi connectivity index (χ3v) is 3.03.